The highest BCUT2D eigenvalue weighted by molar-refractivity contribution is 5.85. The summed E-state index contributed by atoms with van der Waals surface area (Å²) >= 11 is 0. The first kappa shape index (κ1) is 10.3. The van der Waals surface area contributed by atoms with E-state index in [2.05, 4.69) is 10.3 Å². The lowest BCUT2D eigenvalue weighted by Crippen LogP contribution is -2.15. The minimum atomic E-state index is -0.447. The van der Waals surface area contributed by atoms with E-state index in [0.29, 0.717) is 22.8 Å². The zero-order chi connectivity index (χ0) is 11.8. The van der Waals surface area contributed by atoms with Gasteiger partial charge in [-0.15, -0.1) is 0 Å². The van der Waals surface area contributed by atoms with Crippen LogP contribution in [0.15, 0.2) is 21.3 Å². The van der Waals surface area contributed by atoms with Gasteiger partial charge < -0.3 is 15.5 Å². The van der Waals surface area contributed by atoms with Gasteiger partial charge >= 0.3 is 5.76 Å². The number of anilines is 2. The fourth-order valence-electron chi connectivity index (χ4n) is 2.43. The number of aromatic nitrogens is 1. The van der Waals surface area contributed by atoms with Crippen LogP contribution < -0.4 is 16.8 Å². The molecule has 0 amide bonds. The molecule has 1 aliphatic carbocycles. The summed E-state index contributed by atoms with van der Waals surface area (Å²) in [6.07, 6.45) is 4.89. The fraction of sp³-hybridized carbons (Fsp3) is 0.417. The van der Waals surface area contributed by atoms with Crippen molar-refractivity contribution in [2.45, 2.75) is 31.7 Å². The molecule has 4 N–H and O–H groups in total. The van der Waals surface area contributed by atoms with Crippen molar-refractivity contribution >= 4 is 22.5 Å². The molecule has 5 heteroatoms. The molecule has 0 saturated heterocycles. The largest absolute Gasteiger partial charge is 0.417 e. The van der Waals surface area contributed by atoms with E-state index in [9.17, 15) is 4.79 Å². The van der Waals surface area contributed by atoms with Gasteiger partial charge in [-0.25, -0.2) is 4.79 Å². The maximum absolute atomic E-state index is 11.1. The molecule has 1 aromatic heterocycles. The molecule has 0 spiro atoms. The second-order valence-corrected chi connectivity index (χ2v) is 4.58. The average Bonchev–Trinajstić information content (AvgIpc) is 2.87. The van der Waals surface area contributed by atoms with Crippen LogP contribution in [-0.2, 0) is 0 Å². The third-order valence-corrected chi connectivity index (χ3v) is 3.31. The van der Waals surface area contributed by atoms with Crippen molar-refractivity contribution in [1.29, 1.82) is 0 Å². The second kappa shape index (κ2) is 3.84. The van der Waals surface area contributed by atoms with Crippen LogP contribution in [0.3, 0.4) is 0 Å². The average molecular weight is 233 g/mol. The van der Waals surface area contributed by atoms with Gasteiger partial charge in [0.2, 0.25) is 0 Å². The molecule has 17 heavy (non-hydrogen) atoms. The molecule has 0 aliphatic heterocycles. The van der Waals surface area contributed by atoms with Crippen LogP contribution in [0, 0.1) is 0 Å². The van der Waals surface area contributed by atoms with Gasteiger partial charge in [0.25, 0.3) is 0 Å². The van der Waals surface area contributed by atoms with E-state index >= 15 is 0 Å². The number of hydrogen-bond acceptors (Lipinski definition) is 4. The van der Waals surface area contributed by atoms with Crippen LogP contribution in [0.25, 0.3) is 11.1 Å². The van der Waals surface area contributed by atoms with Gasteiger partial charge in [-0.05, 0) is 18.9 Å². The Morgan fingerprint density at radius 1 is 1.35 bits per heavy atom. The number of nitrogen functional groups attached to an aromatic ring is 1. The van der Waals surface area contributed by atoms with E-state index < -0.39 is 5.76 Å². The quantitative estimate of drug-likeness (QED) is 0.693. The lowest BCUT2D eigenvalue weighted by atomic mass is 10.2. The standard InChI is InChI=1S/C12H15N3O2/c13-8-5-11-10(15-12(16)17-11)6-9(8)14-7-3-1-2-4-7/h5-7,14H,1-4,13H2,(H,15,16). The van der Waals surface area contributed by atoms with Gasteiger partial charge in [0, 0.05) is 12.1 Å². The molecular weight excluding hydrogens is 218 g/mol. The minimum Gasteiger partial charge on any atom is -0.408 e. The topological polar surface area (TPSA) is 84.0 Å². The number of rotatable bonds is 2. The summed E-state index contributed by atoms with van der Waals surface area (Å²) in [7, 11) is 0. The molecule has 90 valence electrons. The van der Waals surface area contributed by atoms with Crippen molar-refractivity contribution in [1.82, 2.24) is 4.98 Å². The van der Waals surface area contributed by atoms with E-state index in [4.69, 9.17) is 10.2 Å². The lowest BCUT2D eigenvalue weighted by molar-refractivity contribution is 0.555. The first-order chi connectivity index (χ1) is 8.22. The predicted octanol–water partition coefficient (Wildman–Crippen LogP) is 2.06. The molecule has 1 aliphatic rings. The van der Waals surface area contributed by atoms with Gasteiger partial charge in [-0.2, -0.15) is 0 Å². The number of aromatic amines is 1. The van der Waals surface area contributed by atoms with Crippen LogP contribution >= 0.6 is 0 Å². The van der Waals surface area contributed by atoms with Gasteiger partial charge in [0.15, 0.2) is 5.58 Å². The Bertz CT molecular complexity index is 593. The van der Waals surface area contributed by atoms with E-state index in [1.165, 1.54) is 25.7 Å². The van der Waals surface area contributed by atoms with Gasteiger partial charge in [0.05, 0.1) is 16.9 Å². The van der Waals surface area contributed by atoms with Crippen LogP contribution in [0.5, 0.6) is 0 Å². The monoisotopic (exact) mass is 233 g/mol. The Labute approximate surface area is 98.0 Å². The summed E-state index contributed by atoms with van der Waals surface area (Å²) in [6.45, 7) is 0. The van der Waals surface area contributed by atoms with E-state index in [1.54, 1.807) is 6.07 Å². The van der Waals surface area contributed by atoms with Crippen molar-refractivity contribution in [3.05, 3.63) is 22.7 Å². The van der Waals surface area contributed by atoms with E-state index in [-0.39, 0.29) is 0 Å². The van der Waals surface area contributed by atoms with Gasteiger partial charge in [-0.3, -0.25) is 4.98 Å². The third-order valence-electron chi connectivity index (χ3n) is 3.31. The van der Waals surface area contributed by atoms with E-state index in [0.717, 1.165) is 5.69 Å². The summed E-state index contributed by atoms with van der Waals surface area (Å²) in [5.74, 6) is -0.447. The molecule has 0 bridgehead atoms. The second-order valence-electron chi connectivity index (χ2n) is 4.58. The van der Waals surface area contributed by atoms with Crippen molar-refractivity contribution < 1.29 is 4.42 Å². The Morgan fingerprint density at radius 2 is 2.12 bits per heavy atom. The summed E-state index contributed by atoms with van der Waals surface area (Å²) in [5, 5.41) is 3.42. The Balaban J connectivity index is 1.97. The molecule has 1 fully saturated rings. The first-order valence-corrected chi connectivity index (χ1v) is 5.91. The summed E-state index contributed by atoms with van der Waals surface area (Å²) in [4.78, 5) is 13.7. The van der Waals surface area contributed by atoms with E-state index in [1.807, 2.05) is 6.07 Å². The zero-order valence-corrected chi connectivity index (χ0v) is 9.45. The molecule has 0 unspecified atom stereocenters. The Hall–Kier alpha value is -1.91. The van der Waals surface area contributed by atoms with Crippen LogP contribution in [-0.4, -0.2) is 11.0 Å². The van der Waals surface area contributed by atoms with Crippen molar-refractivity contribution in [3.8, 4) is 0 Å². The number of H-pyrrole nitrogens is 1. The van der Waals surface area contributed by atoms with Crippen LogP contribution in [0.2, 0.25) is 0 Å². The normalized spacial score (nSPS) is 16.7. The molecule has 0 radical (unpaired) electrons. The first-order valence-electron chi connectivity index (χ1n) is 5.91. The Kier molecular flexibility index (Phi) is 2.31. The fourth-order valence-corrected chi connectivity index (χ4v) is 2.43. The number of oxazole rings is 1. The van der Waals surface area contributed by atoms with Crippen LogP contribution in [0.4, 0.5) is 11.4 Å². The molecule has 5 nitrogen and oxygen atoms in total. The highest BCUT2D eigenvalue weighted by Crippen LogP contribution is 2.28. The molecule has 1 saturated carbocycles. The molecule has 1 heterocycles. The smallest absolute Gasteiger partial charge is 0.408 e. The van der Waals surface area contributed by atoms with Crippen molar-refractivity contribution in [2.75, 3.05) is 11.1 Å². The SMILES string of the molecule is Nc1cc2oc(=O)[nH]c2cc1NC1CCCC1. The number of nitrogens with two attached hydrogens (primary N) is 1. The number of nitrogens with one attached hydrogen (secondary N) is 2. The molecule has 0 atom stereocenters. The zero-order valence-electron chi connectivity index (χ0n) is 9.45. The molecule has 1 aromatic carbocycles. The maximum atomic E-state index is 11.1. The third kappa shape index (κ3) is 1.88. The lowest BCUT2D eigenvalue weighted by Gasteiger charge is -2.15. The number of hydrogen-bond donors (Lipinski definition) is 3. The number of benzene rings is 1. The van der Waals surface area contributed by atoms with Gasteiger partial charge in [-0.1, -0.05) is 12.8 Å². The number of fused-ring (bicyclic) bond motifs is 1. The highest BCUT2D eigenvalue weighted by Gasteiger charge is 2.16. The predicted molar refractivity (Wildman–Crippen MR) is 67.1 cm³/mol. The molecule has 3 rings (SSSR count). The maximum Gasteiger partial charge on any atom is 0.417 e. The summed E-state index contributed by atoms with van der Waals surface area (Å²) < 4.78 is 4.95. The molecular formula is C12H15N3O2. The van der Waals surface area contributed by atoms with Crippen LogP contribution in [0.1, 0.15) is 25.7 Å². The highest BCUT2D eigenvalue weighted by atomic mass is 16.4. The van der Waals surface area contributed by atoms with Crippen molar-refractivity contribution in [2.24, 2.45) is 0 Å². The minimum absolute atomic E-state index is 0.447. The summed E-state index contributed by atoms with van der Waals surface area (Å²) in [6, 6.07) is 4.02. The summed E-state index contributed by atoms with van der Waals surface area (Å²) in [5.41, 5.74) is 8.62. The Morgan fingerprint density at radius 3 is 2.88 bits per heavy atom. The molecule has 2 aromatic rings. The van der Waals surface area contributed by atoms with Gasteiger partial charge in [0.1, 0.15) is 0 Å². The van der Waals surface area contributed by atoms with Crippen molar-refractivity contribution in [3.63, 3.8) is 0 Å².